The number of anilines is 1. The lowest BCUT2D eigenvalue weighted by Crippen LogP contribution is -2.29. The fraction of sp³-hybridized carbons (Fsp3) is 0.333. The number of benzene rings is 3. The predicted octanol–water partition coefficient (Wildman–Crippen LogP) is 7.52. The van der Waals surface area contributed by atoms with Crippen molar-refractivity contribution >= 4 is 23.1 Å². The number of aryl methyl sites for hydroxylation is 2. The zero-order valence-electron chi connectivity index (χ0n) is 23.1. The number of hydrogen-bond acceptors (Lipinski definition) is 3. The molecule has 1 unspecified atom stereocenters. The van der Waals surface area contributed by atoms with Gasteiger partial charge in [-0.15, -0.1) is 0 Å². The highest BCUT2D eigenvalue weighted by molar-refractivity contribution is 6.51. The van der Waals surface area contributed by atoms with Gasteiger partial charge in [-0.2, -0.15) is 0 Å². The Hall–Kier alpha value is -3.66. The SMILES string of the molecule is Cc1ccc(/C(O)=C2/C(=O)C(=O)N(c3ccc(C(C)(C)C)cc3)C2c2ccc(C(C)(C)C)cc2)cc1C. The molecule has 0 aliphatic carbocycles. The summed E-state index contributed by atoms with van der Waals surface area (Å²) in [6.45, 7) is 16.8. The summed E-state index contributed by atoms with van der Waals surface area (Å²) in [6, 6.07) is 20.6. The Morgan fingerprint density at radius 1 is 0.730 bits per heavy atom. The summed E-state index contributed by atoms with van der Waals surface area (Å²) in [6.07, 6.45) is 0. The fourth-order valence-electron chi connectivity index (χ4n) is 4.75. The number of aliphatic hydroxyl groups is 1. The van der Waals surface area contributed by atoms with E-state index >= 15 is 0 Å². The Labute approximate surface area is 220 Å². The van der Waals surface area contributed by atoms with Gasteiger partial charge in [0.1, 0.15) is 5.76 Å². The van der Waals surface area contributed by atoms with Gasteiger partial charge < -0.3 is 5.11 Å². The number of amides is 1. The molecule has 1 amide bonds. The van der Waals surface area contributed by atoms with E-state index in [1.54, 1.807) is 6.07 Å². The van der Waals surface area contributed by atoms with Gasteiger partial charge in [-0.25, -0.2) is 0 Å². The molecule has 0 bridgehead atoms. The van der Waals surface area contributed by atoms with Gasteiger partial charge in [-0.3, -0.25) is 14.5 Å². The minimum absolute atomic E-state index is 0.0391. The van der Waals surface area contributed by atoms with E-state index in [1.165, 1.54) is 4.90 Å². The average molecular weight is 496 g/mol. The summed E-state index contributed by atoms with van der Waals surface area (Å²) in [4.78, 5) is 28.5. The summed E-state index contributed by atoms with van der Waals surface area (Å²) < 4.78 is 0. The van der Waals surface area contributed by atoms with Gasteiger partial charge in [0.15, 0.2) is 0 Å². The third-order valence-corrected chi connectivity index (χ3v) is 7.33. The van der Waals surface area contributed by atoms with Crippen LogP contribution in [0.1, 0.15) is 81.0 Å². The minimum atomic E-state index is -0.740. The Morgan fingerprint density at radius 3 is 1.73 bits per heavy atom. The number of aliphatic hydroxyl groups excluding tert-OH is 1. The molecule has 192 valence electrons. The average Bonchev–Trinajstić information content (AvgIpc) is 3.10. The van der Waals surface area contributed by atoms with E-state index in [0.717, 1.165) is 27.8 Å². The van der Waals surface area contributed by atoms with Crippen LogP contribution in [-0.2, 0) is 20.4 Å². The summed E-state index contributed by atoms with van der Waals surface area (Å²) in [5, 5.41) is 11.4. The van der Waals surface area contributed by atoms with E-state index in [-0.39, 0.29) is 22.2 Å². The molecule has 4 heteroatoms. The molecule has 1 aliphatic rings. The zero-order valence-corrected chi connectivity index (χ0v) is 23.1. The van der Waals surface area contributed by atoms with Gasteiger partial charge in [0.05, 0.1) is 11.6 Å². The van der Waals surface area contributed by atoms with E-state index in [0.29, 0.717) is 11.3 Å². The Kier molecular flexibility index (Phi) is 6.66. The lowest BCUT2D eigenvalue weighted by atomic mass is 9.85. The molecule has 0 spiro atoms. The highest BCUT2D eigenvalue weighted by atomic mass is 16.3. The maximum absolute atomic E-state index is 13.5. The van der Waals surface area contributed by atoms with Crippen LogP contribution in [0.4, 0.5) is 5.69 Å². The van der Waals surface area contributed by atoms with Crippen molar-refractivity contribution in [3.8, 4) is 0 Å². The smallest absolute Gasteiger partial charge is 0.300 e. The molecular weight excluding hydrogens is 458 g/mol. The van der Waals surface area contributed by atoms with Crippen molar-refractivity contribution in [3.63, 3.8) is 0 Å². The number of ketones is 1. The van der Waals surface area contributed by atoms with Gasteiger partial charge in [0.25, 0.3) is 11.7 Å². The van der Waals surface area contributed by atoms with E-state index in [2.05, 4.69) is 41.5 Å². The maximum Gasteiger partial charge on any atom is 0.300 e. The molecule has 0 radical (unpaired) electrons. The van der Waals surface area contributed by atoms with Crippen molar-refractivity contribution in [2.24, 2.45) is 0 Å². The minimum Gasteiger partial charge on any atom is -0.507 e. The first kappa shape index (κ1) is 26.4. The molecular formula is C33H37NO3. The van der Waals surface area contributed by atoms with Crippen LogP contribution < -0.4 is 4.90 Å². The second-order valence-electron chi connectivity index (χ2n) is 12.1. The molecule has 4 nitrogen and oxygen atoms in total. The fourth-order valence-corrected chi connectivity index (χ4v) is 4.75. The monoisotopic (exact) mass is 495 g/mol. The molecule has 0 saturated carbocycles. The largest absolute Gasteiger partial charge is 0.507 e. The first-order chi connectivity index (χ1) is 17.2. The second kappa shape index (κ2) is 9.33. The van der Waals surface area contributed by atoms with Crippen LogP contribution in [-0.4, -0.2) is 16.8 Å². The molecule has 0 aromatic heterocycles. The topological polar surface area (TPSA) is 57.6 Å². The number of carbonyl (C=O) groups is 2. The normalized spacial score (nSPS) is 17.9. The van der Waals surface area contributed by atoms with Crippen molar-refractivity contribution in [1.29, 1.82) is 0 Å². The first-order valence-electron chi connectivity index (χ1n) is 12.8. The molecule has 1 N–H and O–H groups in total. The molecule has 4 rings (SSSR count). The van der Waals surface area contributed by atoms with E-state index in [1.807, 2.05) is 74.5 Å². The standard InChI is InChI=1S/C33H37NO3/c1-20-9-10-23(19-21(20)2)29(35)27-28(22-11-13-24(14-12-22)32(3,4)5)34(31(37)30(27)36)26-17-15-25(16-18-26)33(6,7)8/h9-19,28,35H,1-8H3/b29-27-. The highest BCUT2D eigenvalue weighted by Crippen LogP contribution is 2.43. The van der Waals surface area contributed by atoms with Crippen molar-refractivity contribution in [3.05, 3.63) is 106 Å². The summed E-state index contributed by atoms with van der Waals surface area (Å²) in [7, 11) is 0. The predicted molar refractivity (Wildman–Crippen MR) is 151 cm³/mol. The molecule has 1 atom stereocenters. The molecule has 3 aromatic rings. The third kappa shape index (κ3) is 4.98. The van der Waals surface area contributed by atoms with Gasteiger partial charge in [0.2, 0.25) is 0 Å². The van der Waals surface area contributed by atoms with E-state index in [4.69, 9.17) is 0 Å². The van der Waals surface area contributed by atoms with E-state index < -0.39 is 17.7 Å². The number of carbonyl (C=O) groups excluding carboxylic acids is 2. The molecule has 1 aliphatic heterocycles. The highest BCUT2D eigenvalue weighted by Gasteiger charge is 2.47. The lowest BCUT2D eigenvalue weighted by molar-refractivity contribution is -0.132. The van der Waals surface area contributed by atoms with Crippen molar-refractivity contribution in [2.75, 3.05) is 4.90 Å². The second-order valence-corrected chi connectivity index (χ2v) is 12.1. The molecule has 37 heavy (non-hydrogen) atoms. The van der Waals surface area contributed by atoms with Crippen molar-refractivity contribution in [2.45, 2.75) is 72.3 Å². The Bertz CT molecular complexity index is 1380. The van der Waals surface area contributed by atoms with Crippen LogP contribution >= 0.6 is 0 Å². The van der Waals surface area contributed by atoms with Gasteiger partial charge in [0, 0.05) is 11.3 Å². The Balaban J connectivity index is 1.91. The molecule has 1 saturated heterocycles. The number of rotatable bonds is 3. The molecule has 1 fully saturated rings. The van der Waals surface area contributed by atoms with Crippen LogP contribution in [0, 0.1) is 13.8 Å². The number of nitrogens with zero attached hydrogens (tertiary/aromatic N) is 1. The maximum atomic E-state index is 13.5. The van der Waals surface area contributed by atoms with Crippen LogP contribution in [0.15, 0.2) is 72.3 Å². The summed E-state index contributed by atoms with van der Waals surface area (Å²) in [5.41, 5.74) is 6.33. The first-order valence-corrected chi connectivity index (χ1v) is 12.8. The van der Waals surface area contributed by atoms with Crippen LogP contribution in [0.3, 0.4) is 0 Å². The van der Waals surface area contributed by atoms with Gasteiger partial charge >= 0.3 is 0 Å². The van der Waals surface area contributed by atoms with Crippen LogP contribution in [0.2, 0.25) is 0 Å². The van der Waals surface area contributed by atoms with Crippen molar-refractivity contribution in [1.82, 2.24) is 0 Å². The van der Waals surface area contributed by atoms with Gasteiger partial charge in [-0.1, -0.05) is 90.1 Å². The Morgan fingerprint density at radius 2 is 1.24 bits per heavy atom. The van der Waals surface area contributed by atoms with Crippen LogP contribution in [0.5, 0.6) is 0 Å². The zero-order chi connectivity index (χ0) is 27.3. The summed E-state index contributed by atoms with van der Waals surface area (Å²) >= 11 is 0. The number of Topliss-reactive ketones (excluding diaryl/α,β-unsaturated/α-hetero) is 1. The molecule has 3 aromatic carbocycles. The van der Waals surface area contributed by atoms with Crippen molar-refractivity contribution < 1.29 is 14.7 Å². The summed E-state index contributed by atoms with van der Waals surface area (Å²) in [5.74, 6) is -1.47. The quantitative estimate of drug-likeness (QED) is 0.232. The van der Waals surface area contributed by atoms with Gasteiger partial charge in [-0.05, 0) is 70.7 Å². The number of hydrogen-bond donors (Lipinski definition) is 1. The third-order valence-electron chi connectivity index (χ3n) is 7.33. The van der Waals surface area contributed by atoms with E-state index in [9.17, 15) is 14.7 Å². The van der Waals surface area contributed by atoms with Crippen LogP contribution in [0.25, 0.3) is 5.76 Å². The molecule has 1 heterocycles. The lowest BCUT2D eigenvalue weighted by Gasteiger charge is -2.27.